The van der Waals surface area contributed by atoms with Crippen LogP contribution in [0.5, 0.6) is 0 Å². The minimum absolute atomic E-state index is 0.0996. The van der Waals surface area contributed by atoms with Gasteiger partial charge in [-0.2, -0.15) is 4.98 Å². The summed E-state index contributed by atoms with van der Waals surface area (Å²) in [7, 11) is 0. The molecule has 1 saturated heterocycles. The molecule has 1 fully saturated rings. The summed E-state index contributed by atoms with van der Waals surface area (Å²) in [5.41, 5.74) is -2.21. The highest BCUT2D eigenvalue weighted by molar-refractivity contribution is 6.30. The summed E-state index contributed by atoms with van der Waals surface area (Å²) in [4.78, 5) is 41.1. The number of alkyl halides is 2. The Bertz CT molecular complexity index is 1430. The Balaban J connectivity index is 1.85. The number of pyridine rings is 2. The molecule has 0 N–H and O–H groups in total. The monoisotopic (exact) mass is 538 g/mol. The lowest BCUT2D eigenvalue weighted by Gasteiger charge is -2.41. The van der Waals surface area contributed by atoms with E-state index in [1.807, 2.05) is 6.92 Å². The lowest BCUT2D eigenvalue weighted by atomic mass is 10.1. The van der Waals surface area contributed by atoms with E-state index in [9.17, 15) is 22.8 Å². The van der Waals surface area contributed by atoms with Crippen molar-refractivity contribution >= 4 is 34.5 Å². The van der Waals surface area contributed by atoms with Gasteiger partial charge in [-0.3, -0.25) is 4.98 Å². The molecule has 0 aliphatic carbocycles. The third kappa shape index (κ3) is 5.20. The molecule has 3 aromatic heterocycles. The molecule has 4 rings (SSSR count). The number of ether oxygens (including phenoxy) is 1. The zero-order valence-corrected chi connectivity index (χ0v) is 21.7. The van der Waals surface area contributed by atoms with Gasteiger partial charge in [0.15, 0.2) is 16.6 Å². The molecule has 1 amide bonds. The maximum atomic E-state index is 14.6. The van der Waals surface area contributed by atoms with Crippen molar-refractivity contribution in [3.63, 3.8) is 0 Å². The molecular weight excluding hydrogens is 513 g/mol. The largest absolute Gasteiger partial charge is 0.444 e. The molecule has 13 heteroatoms. The fourth-order valence-corrected chi connectivity index (χ4v) is 4.43. The van der Waals surface area contributed by atoms with E-state index in [4.69, 9.17) is 16.3 Å². The number of nitrogens with zero attached hydrogens (tertiary/aromatic N) is 6. The Morgan fingerprint density at radius 1 is 1.24 bits per heavy atom. The van der Waals surface area contributed by atoms with Crippen molar-refractivity contribution in [3.05, 3.63) is 51.0 Å². The van der Waals surface area contributed by atoms with Crippen molar-refractivity contribution in [2.45, 2.75) is 52.7 Å². The minimum Gasteiger partial charge on any atom is -0.444 e. The number of carbonyl (C=O) groups excluding carboxylic acids is 1. The first-order valence-corrected chi connectivity index (χ1v) is 11.9. The zero-order chi connectivity index (χ0) is 27.2. The summed E-state index contributed by atoms with van der Waals surface area (Å²) in [6.45, 7) is 9.43. The Kier molecular flexibility index (Phi) is 7.06. The fourth-order valence-electron chi connectivity index (χ4n) is 4.29. The van der Waals surface area contributed by atoms with Crippen LogP contribution in [0.25, 0.3) is 16.7 Å². The first kappa shape index (κ1) is 26.6. The molecule has 0 radical (unpaired) electrons. The average Bonchev–Trinajstić information content (AvgIpc) is 2.79. The van der Waals surface area contributed by atoms with E-state index in [-0.39, 0.29) is 48.2 Å². The quantitative estimate of drug-likeness (QED) is 0.448. The summed E-state index contributed by atoms with van der Waals surface area (Å²) < 4.78 is 48.6. The molecule has 1 aliphatic rings. The van der Waals surface area contributed by atoms with E-state index in [1.165, 1.54) is 19.2 Å². The van der Waals surface area contributed by atoms with Crippen molar-refractivity contribution in [1.29, 1.82) is 0 Å². The summed E-state index contributed by atoms with van der Waals surface area (Å²) in [6, 6.07) is 2.20. The number of amides is 1. The molecule has 9 nitrogen and oxygen atoms in total. The van der Waals surface area contributed by atoms with Gasteiger partial charge in [-0.05, 0) is 52.3 Å². The molecule has 0 bridgehead atoms. The Morgan fingerprint density at radius 2 is 1.95 bits per heavy atom. The number of rotatable bonds is 3. The highest BCUT2D eigenvalue weighted by Crippen LogP contribution is 2.32. The van der Waals surface area contributed by atoms with E-state index < -0.39 is 40.5 Å². The van der Waals surface area contributed by atoms with Crippen LogP contribution in [0.3, 0.4) is 0 Å². The summed E-state index contributed by atoms with van der Waals surface area (Å²) in [6.07, 6.45) is -2.26. The minimum atomic E-state index is -2.99. The summed E-state index contributed by atoms with van der Waals surface area (Å²) in [5.74, 6) is -0.754. The third-order valence-electron chi connectivity index (χ3n) is 5.89. The smallest absolute Gasteiger partial charge is 0.410 e. The maximum absolute atomic E-state index is 14.6. The van der Waals surface area contributed by atoms with E-state index in [0.29, 0.717) is 5.56 Å². The van der Waals surface area contributed by atoms with Gasteiger partial charge in [0.1, 0.15) is 17.1 Å². The number of piperazine rings is 1. The van der Waals surface area contributed by atoms with Gasteiger partial charge >= 0.3 is 11.8 Å². The molecule has 0 unspecified atom stereocenters. The fraction of sp³-hybridized carbons (Fsp3) is 0.458. The second kappa shape index (κ2) is 9.81. The van der Waals surface area contributed by atoms with Gasteiger partial charge in [0.2, 0.25) is 0 Å². The second-order valence-corrected chi connectivity index (χ2v) is 10.2. The first-order chi connectivity index (χ1) is 17.3. The molecule has 0 spiro atoms. The predicted octanol–water partition coefficient (Wildman–Crippen LogP) is 4.66. The molecule has 1 aliphatic heterocycles. The Labute approximate surface area is 215 Å². The SMILES string of the molecule is Cc1ccnc(C(F)F)c1-n1c(=O)nc(N2CCN(C(=O)OC(C)(C)C)C[C@@H]2C)c2cc(F)c(Cl)nc21. The van der Waals surface area contributed by atoms with Crippen LogP contribution in [0.15, 0.2) is 23.1 Å². The van der Waals surface area contributed by atoms with Crippen molar-refractivity contribution in [1.82, 2.24) is 24.4 Å². The number of halogens is 4. The van der Waals surface area contributed by atoms with Gasteiger partial charge in [0, 0.05) is 31.9 Å². The van der Waals surface area contributed by atoms with Crippen LogP contribution in [-0.2, 0) is 4.74 Å². The molecule has 37 heavy (non-hydrogen) atoms. The van der Waals surface area contributed by atoms with Gasteiger partial charge in [0.25, 0.3) is 6.43 Å². The lowest BCUT2D eigenvalue weighted by molar-refractivity contribution is 0.0218. The van der Waals surface area contributed by atoms with Crippen molar-refractivity contribution in [2.24, 2.45) is 0 Å². The molecular formula is C24H26ClF3N6O3. The molecule has 3 aromatic rings. The van der Waals surface area contributed by atoms with E-state index in [0.717, 1.165) is 10.6 Å². The number of anilines is 1. The van der Waals surface area contributed by atoms with E-state index in [1.54, 1.807) is 30.6 Å². The molecule has 0 saturated carbocycles. The Morgan fingerprint density at radius 3 is 2.57 bits per heavy atom. The first-order valence-electron chi connectivity index (χ1n) is 11.6. The van der Waals surface area contributed by atoms with Gasteiger partial charge in [0.05, 0.1) is 11.1 Å². The predicted molar refractivity (Wildman–Crippen MR) is 132 cm³/mol. The van der Waals surface area contributed by atoms with Crippen LogP contribution in [0, 0.1) is 12.7 Å². The molecule has 0 aromatic carbocycles. The van der Waals surface area contributed by atoms with Crippen LogP contribution < -0.4 is 10.6 Å². The zero-order valence-electron chi connectivity index (χ0n) is 20.9. The molecule has 1 atom stereocenters. The number of aryl methyl sites for hydroxylation is 1. The Hall–Kier alpha value is -3.41. The molecule has 4 heterocycles. The van der Waals surface area contributed by atoms with Crippen molar-refractivity contribution in [2.75, 3.05) is 24.5 Å². The van der Waals surface area contributed by atoms with E-state index in [2.05, 4.69) is 15.0 Å². The van der Waals surface area contributed by atoms with Crippen LogP contribution in [0.4, 0.5) is 23.8 Å². The summed E-state index contributed by atoms with van der Waals surface area (Å²) >= 11 is 5.96. The van der Waals surface area contributed by atoms with Gasteiger partial charge in [-0.25, -0.2) is 32.3 Å². The summed E-state index contributed by atoms with van der Waals surface area (Å²) in [5, 5.41) is -0.428. The average molecular weight is 539 g/mol. The van der Waals surface area contributed by atoms with Crippen molar-refractivity contribution in [3.8, 4) is 5.69 Å². The van der Waals surface area contributed by atoms with Gasteiger partial charge in [-0.15, -0.1) is 0 Å². The standard InChI is InChI=1S/C24H26ClF3N6O3/c1-12-6-7-29-16(19(27)28)17(12)34-21-14(10-15(26)18(25)30-21)20(31-22(34)35)33-9-8-32(11-13(33)2)23(36)37-24(3,4)5/h6-7,10,13,19H,8-9,11H2,1-5H3/t13-/m0/s1. The topological polar surface area (TPSA) is 93.5 Å². The maximum Gasteiger partial charge on any atom is 0.410 e. The number of hydrogen-bond acceptors (Lipinski definition) is 7. The normalized spacial score (nSPS) is 16.5. The number of hydrogen-bond donors (Lipinski definition) is 0. The number of fused-ring (bicyclic) bond motifs is 1. The van der Waals surface area contributed by atoms with Crippen LogP contribution >= 0.6 is 11.6 Å². The number of carbonyl (C=O) groups is 1. The van der Waals surface area contributed by atoms with Crippen LogP contribution in [-0.4, -0.2) is 61.8 Å². The van der Waals surface area contributed by atoms with Crippen LogP contribution in [0.1, 0.15) is 45.4 Å². The third-order valence-corrected chi connectivity index (χ3v) is 6.16. The highest BCUT2D eigenvalue weighted by Gasteiger charge is 2.33. The second-order valence-electron chi connectivity index (χ2n) is 9.82. The lowest BCUT2D eigenvalue weighted by Crippen LogP contribution is -2.55. The van der Waals surface area contributed by atoms with Crippen LogP contribution in [0.2, 0.25) is 5.15 Å². The number of aromatic nitrogens is 4. The molecule has 198 valence electrons. The van der Waals surface area contributed by atoms with Crippen molar-refractivity contribution < 1.29 is 22.7 Å². The highest BCUT2D eigenvalue weighted by atomic mass is 35.5. The van der Waals surface area contributed by atoms with E-state index >= 15 is 0 Å². The van der Waals surface area contributed by atoms with Gasteiger partial charge < -0.3 is 14.5 Å². The van der Waals surface area contributed by atoms with Gasteiger partial charge in [-0.1, -0.05) is 11.6 Å².